The number of benzene rings is 1. The number of hydrogen-bond donors (Lipinski definition) is 2. The highest BCUT2D eigenvalue weighted by molar-refractivity contribution is 7.98. The average molecular weight is 292 g/mol. The molecule has 0 radical (unpaired) electrons. The summed E-state index contributed by atoms with van der Waals surface area (Å²) in [7, 11) is 1.80. The largest absolute Gasteiger partial charge is 0.438 e. The van der Waals surface area contributed by atoms with Crippen LogP contribution < -0.4 is 10.5 Å². The zero-order valence-corrected chi connectivity index (χ0v) is 12.3. The van der Waals surface area contributed by atoms with Gasteiger partial charge in [0.15, 0.2) is 5.84 Å². The summed E-state index contributed by atoms with van der Waals surface area (Å²) in [5.41, 5.74) is 7.18. The number of aryl methyl sites for hydroxylation is 2. The van der Waals surface area contributed by atoms with E-state index in [-0.39, 0.29) is 5.84 Å². The Morgan fingerprint density at radius 2 is 2.25 bits per heavy atom. The lowest BCUT2D eigenvalue weighted by Crippen LogP contribution is -2.15. The predicted molar refractivity (Wildman–Crippen MR) is 78.8 cm³/mol. The van der Waals surface area contributed by atoms with Crippen molar-refractivity contribution in [2.24, 2.45) is 17.9 Å². The second-order valence-electron chi connectivity index (χ2n) is 4.17. The smallest absolute Gasteiger partial charge is 0.217 e. The lowest BCUT2D eigenvalue weighted by Gasteiger charge is -2.13. The SMILES string of the molecule is CSc1cccc(Oc2cc(C)nn2C)c1/C(N)=N/O. The summed E-state index contributed by atoms with van der Waals surface area (Å²) in [4.78, 5) is 0.872. The Balaban J connectivity index is 2.49. The molecule has 0 aliphatic heterocycles. The van der Waals surface area contributed by atoms with Gasteiger partial charge >= 0.3 is 0 Å². The summed E-state index contributed by atoms with van der Waals surface area (Å²) in [6, 6.07) is 7.34. The Bertz CT molecular complexity index is 652. The number of ether oxygens (including phenoxy) is 1. The number of rotatable bonds is 4. The van der Waals surface area contributed by atoms with E-state index >= 15 is 0 Å². The number of aromatic nitrogens is 2. The number of hydrogen-bond acceptors (Lipinski definition) is 5. The lowest BCUT2D eigenvalue weighted by molar-refractivity contribution is 0.318. The molecule has 7 heteroatoms. The topological polar surface area (TPSA) is 85.7 Å². The maximum absolute atomic E-state index is 8.94. The van der Waals surface area contributed by atoms with Crippen LogP contribution in [-0.2, 0) is 7.05 Å². The van der Waals surface area contributed by atoms with Gasteiger partial charge in [0.25, 0.3) is 0 Å². The standard InChI is InChI=1S/C13H16N4O2S/c1-8-7-11(17(2)15-8)19-9-5-4-6-10(20-3)12(9)13(14)16-18/h4-7,18H,1-3H3,(H2,14,16). The summed E-state index contributed by atoms with van der Waals surface area (Å²) in [6.07, 6.45) is 1.92. The van der Waals surface area contributed by atoms with Crippen molar-refractivity contribution >= 4 is 17.6 Å². The highest BCUT2D eigenvalue weighted by Gasteiger charge is 2.15. The fourth-order valence-electron chi connectivity index (χ4n) is 1.86. The van der Waals surface area contributed by atoms with E-state index in [1.165, 1.54) is 11.8 Å². The molecule has 0 saturated carbocycles. The van der Waals surface area contributed by atoms with Gasteiger partial charge in [-0.2, -0.15) is 5.10 Å². The Kier molecular flexibility index (Phi) is 4.19. The van der Waals surface area contributed by atoms with Crippen LogP contribution in [0.1, 0.15) is 11.3 Å². The maximum atomic E-state index is 8.94. The van der Waals surface area contributed by atoms with Gasteiger partial charge in [-0.15, -0.1) is 11.8 Å². The fraction of sp³-hybridized carbons (Fsp3) is 0.231. The van der Waals surface area contributed by atoms with E-state index in [0.717, 1.165) is 10.6 Å². The Hall–Kier alpha value is -2.15. The summed E-state index contributed by atoms with van der Waals surface area (Å²) >= 11 is 1.50. The third-order valence-electron chi connectivity index (χ3n) is 2.75. The van der Waals surface area contributed by atoms with Crippen molar-refractivity contribution < 1.29 is 9.94 Å². The Morgan fingerprint density at radius 3 is 2.80 bits per heavy atom. The van der Waals surface area contributed by atoms with Crippen molar-refractivity contribution in [3.63, 3.8) is 0 Å². The minimum Gasteiger partial charge on any atom is -0.438 e. The second-order valence-corrected chi connectivity index (χ2v) is 5.02. The van der Waals surface area contributed by atoms with Crippen LogP contribution in [0, 0.1) is 6.92 Å². The number of thioether (sulfide) groups is 1. The molecule has 0 spiro atoms. The molecule has 0 bridgehead atoms. The molecule has 3 N–H and O–H groups in total. The first-order valence-corrected chi connectivity index (χ1v) is 7.12. The highest BCUT2D eigenvalue weighted by Crippen LogP contribution is 2.32. The van der Waals surface area contributed by atoms with Crippen molar-refractivity contribution in [1.29, 1.82) is 0 Å². The molecule has 2 rings (SSSR count). The molecular weight excluding hydrogens is 276 g/mol. The molecule has 1 aromatic heterocycles. The second kappa shape index (κ2) is 5.87. The van der Waals surface area contributed by atoms with Gasteiger partial charge in [-0.25, -0.2) is 4.68 Å². The lowest BCUT2D eigenvalue weighted by atomic mass is 10.2. The molecule has 106 valence electrons. The van der Waals surface area contributed by atoms with Crippen LogP contribution in [0.25, 0.3) is 0 Å². The van der Waals surface area contributed by atoms with Crippen molar-refractivity contribution in [2.75, 3.05) is 6.26 Å². The van der Waals surface area contributed by atoms with Gasteiger partial charge in [0, 0.05) is 18.0 Å². The zero-order chi connectivity index (χ0) is 14.7. The van der Waals surface area contributed by atoms with Crippen LogP contribution in [0.5, 0.6) is 11.6 Å². The van der Waals surface area contributed by atoms with Crippen molar-refractivity contribution in [3.8, 4) is 11.6 Å². The molecule has 0 aliphatic rings. The Labute approximate surface area is 121 Å². The van der Waals surface area contributed by atoms with Gasteiger partial charge in [0.05, 0.1) is 11.3 Å². The van der Waals surface area contributed by atoms with E-state index in [1.807, 2.05) is 31.4 Å². The first-order valence-electron chi connectivity index (χ1n) is 5.90. The quantitative estimate of drug-likeness (QED) is 0.297. The third kappa shape index (κ3) is 2.72. The molecule has 6 nitrogen and oxygen atoms in total. The van der Waals surface area contributed by atoms with Crippen molar-refractivity contribution in [2.45, 2.75) is 11.8 Å². The van der Waals surface area contributed by atoms with Gasteiger partial charge in [-0.1, -0.05) is 11.2 Å². The molecule has 0 fully saturated rings. The molecule has 2 aromatic rings. The molecular formula is C13H16N4O2S. The average Bonchev–Trinajstić information content (AvgIpc) is 2.75. The minimum atomic E-state index is 0.0174. The number of nitrogens with two attached hydrogens (primary N) is 1. The Morgan fingerprint density at radius 1 is 1.50 bits per heavy atom. The minimum absolute atomic E-state index is 0.0174. The first kappa shape index (κ1) is 14.3. The molecule has 0 unspecified atom stereocenters. The highest BCUT2D eigenvalue weighted by atomic mass is 32.2. The number of amidine groups is 1. The third-order valence-corrected chi connectivity index (χ3v) is 3.53. The number of oxime groups is 1. The summed E-state index contributed by atoms with van der Waals surface area (Å²) < 4.78 is 7.48. The summed E-state index contributed by atoms with van der Waals surface area (Å²) in [6.45, 7) is 1.88. The van der Waals surface area contributed by atoms with E-state index in [9.17, 15) is 0 Å². The van der Waals surface area contributed by atoms with Gasteiger partial charge in [-0.3, -0.25) is 0 Å². The van der Waals surface area contributed by atoms with E-state index in [0.29, 0.717) is 17.2 Å². The van der Waals surface area contributed by atoms with Crippen LogP contribution in [0.3, 0.4) is 0 Å². The molecule has 1 aromatic carbocycles. The van der Waals surface area contributed by atoms with E-state index < -0.39 is 0 Å². The van der Waals surface area contributed by atoms with Crippen LogP contribution in [-0.4, -0.2) is 27.1 Å². The predicted octanol–water partition coefficient (Wildman–Crippen LogP) is 2.34. The van der Waals surface area contributed by atoms with Crippen LogP contribution in [0.4, 0.5) is 0 Å². The molecule has 0 atom stereocenters. The van der Waals surface area contributed by atoms with Crippen molar-refractivity contribution in [1.82, 2.24) is 9.78 Å². The molecule has 1 heterocycles. The normalized spacial score (nSPS) is 11.7. The number of nitrogens with zero attached hydrogens (tertiary/aromatic N) is 3. The molecule has 20 heavy (non-hydrogen) atoms. The zero-order valence-electron chi connectivity index (χ0n) is 11.5. The van der Waals surface area contributed by atoms with E-state index in [2.05, 4.69) is 10.3 Å². The summed E-state index contributed by atoms with van der Waals surface area (Å²) in [5, 5.41) is 16.2. The molecule has 0 saturated heterocycles. The molecule has 0 amide bonds. The van der Waals surface area contributed by atoms with Crippen LogP contribution >= 0.6 is 11.8 Å². The van der Waals surface area contributed by atoms with Gasteiger partial charge in [0.2, 0.25) is 5.88 Å². The van der Waals surface area contributed by atoms with E-state index in [4.69, 9.17) is 15.7 Å². The maximum Gasteiger partial charge on any atom is 0.217 e. The van der Waals surface area contributed by atoms with Crippen LogP contribution in [0.2, 0.25) is 0 Å². The van der Waals surface area contributed by atoms with Gasteiger partial charge in [0.1, 0.15) is 5.75 Å². The van der Waals surface area contributed by atoms with Crippen LogP contribution in [0.15, 0.2) is 34.3 Å². The monoisotopic (exact) mass is 292 g/mol. The van der Waals surface area contributed by atoms with Crippen molar-refractivity contribution in [3.05, 3.63) is 35.5 Å². The summed E-state index contributed by atoms with van der Waals surface area (Å²) in [5.74, 6) is 1.13. The fourth-order valence-corrected chi connectivity index (χ4v) is 2.49. The molecule has 0 aliphatic carbocycles. The van der Waals surface area contributed by atoms with Gasteiger partial charge < -0.3 is 15.7 Å². The van der Waals surface area contributed by atoms with Gasteiger partial charge in [-0.05, 0) is 25.3 Å². The first-order chi connectivity index (χ1) is 9.56. The van der Waals surface area contributed by atoms with E-state index in [1.54, 1.807) is 17.8 Å².